The zero-order chi connectivity index (χ0) is 23.3. The van der Waals surface area contributed by atoms with Crippen LogP contribution in [-0.4, -0.2) is 77.5 Å². The van der Waals surface area contributed by atoms with E-state index in [1.807, 2.05) is 26.0 Å². The molecule has 1 saturated heterocycles. The van der Waals surface area contributed by atoms with Gasteiger partial charge in [0, 0.05) is 33.6 Å². The minimum absolute atomic E-state index is 0.0343. The monoisotopic (exact) mass is 443 g/mol. The summed E-state index contributed by atoms with van der Waals surface area (Å²) in [5.74, 6) is 0.494. The Bertz CT molecular complexity index is 1020. The molecule has 0 spiro atoms. The van der Waals surface area contributed by atoms with Crippen LogP contribution in [-0.2, 0) is 20.9 Å². The summed E-state index contributed by atoms with van der Waals surface area (Å²) in [6, 6.07) is 5.56. The van der Waals surface area contributed by atoms with Crippen LogP contribution < -0.4 is 10.9 Å². The first-order valence-electron chi connectivity index (χ1n) is 11.1. The lowest BCUT2D eigenvalue weighted by molar-refractivity contribution is -0.140. The zero-order valence-corrected chi connectivity index (χ0v) is 19.3. The Hall–Kier alpha value is -2.78. The molecule has 32 heavy (non-hydrogen) atoms. The number of nitrogens with one attached hydrogen (secondary N) is 2. The number of fused-ring (bicyclic) bond motifs is 1. The SMILES string of the molecule is CCN(CCC(=O)NC[C@H]1CC[C@@H](C(=O)N(C)C)O1)Cc1nc2c(C)cccc2c(=O)[nH]1. The average Bonchev–Trinajstić information content (AvgIpc) is 3.24. The maximum absolute atomic E-state index is 12.4. The van der Waals surface area contributed by atoms with Gasteiger partial charge in [-0.15, -0.1) is 0 Å². The van der Waals surface area contributed by atoms with Gasteiger partial charge in [0.1, 0.15) is 11.9 Å². The number of aryl methyl sites for hydroxylation is 1. The Morgan fingerprint density at radius 3 is 2.78 bits per heavy atom. The van der Waals surface area contributed by atoms with Crippen LogP contribution in [0.3, 0.4) is 0 Å². The van der Waals surface area contributed by atoms with E-state index >= 15 is 0 Å². The first-order chi connectivity index (χ1) is 15.3. The molecule has 1 aromatic carbocycles. The molecule has 9 nitrogen and oxygen atoms in total. The molecule has 0 saturated carbocycles. The van der Waals surface area contributed by atoms with Crippen LogP contribution in [0.5, 0.6) is 0 Å². The van der Waals surface area contributed by atoms with E-state index in [1.54, 1.807) is 20.2 Å². The highest BCUT2D eigenvalue weighted by Crippen LogP contribution is 2.20. The lowest BCUT2D eigenvalue weighted by atomic mass is 10.1. The number of ether oxygens (including phenoxy) is 1. The number of aromatic nitrogens is 2. The number of aromatic amines is 1. The van der Waals surface area contributed by atoms with E-state index in [0.717, 1.165) is 18.5 Å². The maximum atomic E-state index is 12.4. The van der Waals surface area contributed by atoms with Crippen molar-refractivity contribution in [2.45, 2.75) is 51.9 Å². The van der Waals surface area contributed by atoms with Crippen LogP contribution in [0.15, 0.2) is 23.0 Å². The van der Waals surface area contributed by atoms with E-state index in [4.69, 9.17) is 4.74 Å². The molecule has 3 rings (SSSR count). The fraction of sp³-hybridized carbons (Fsp3) is 0.565. The van der Waals surface area contributed by atoms with Crippen molar-refractivity contribution in [3.8, 4) is 0 Å². The van der Waals surface area contributed by atoms with Gasteiger partial charge in [0.25, 0.3) is 11.5 Å². The third-order valence-electron chi connectivity index (χ3n) is 5.81. The van der Waals surface area contributed by atoms with Gasteiger partial charge in [-0.25, -0.2) is 4.98 Å². The van der Waals surface area contributed by atoms with Crippen LogP contribution in [0.1, 0.15) is 37.6 Å². The Balaban J connectivity index is 1.48. The summed E-state index contributed by atoms with van der Waals surface area (Å²) >= 11 is 0. The van der Waals surface area contributed by atoms with Crippen molar-refractivity contribution in [2.24, 2.45) is 0 Å². The maximum Gasteiger partial charge on any atom is 0.258 e. The largest absolute Gasteiger partial charge is 0.363 e. The van der Waals surface area contributed by atoms with Gasteiger partial charge in [-0.1, -0.05) is 19.1 Å². The molecule has 1 aromatic heterocycles. The Morgan fingerprint density at radius 2 is 2.06 bits per heavy atom. The van der Waals surface area contributed by atoms with Crippen LogP contribution in [0.4, 0.5) is 0 Å². The minimum atomic E-state index is -0.414. The summed E-state index contributed by atoms with van der Waals surface area (Å²) in [4.78, 5) is 47.8. The van der Waals surface area contributed by atoms with Crippen molar-refractivity contribution in [1.82, 2.24) is 25.1 Å². The molecule has 1 aliphatic rings. The number of nitrogens with zero attached hydrogens (tertiary/aromatic N) is 3. The number of rotatable bonds is 9. The number of likely N-dealkylation sites (N-methyl/N-ethyl adjacent to an activating group) is 1. The fourth-order valence-electron chi connectivity index (χ4n) is 3.89. The van der Waals surface area contributed by atoms with Gasteiger partial charge >= 0.3 is 0 Å². The highest BCUT2D eigenvalue weighted by Gasteiger charge is 2.31. The molecule has 2 heterocycles. The standard InChI is InChI=1S/C23H33N5O4/c1-5-28(14-19-25-21-15(2)7-6-8-17(21)22(30)26-19)12-11-20(29)24-13-16-9-10-18(32-16)23(31)27(3)4/h6-8,16,18H,5,9-14H2,1-4H3,(H,24,29)(H,25,26,30)/t16-,18+/m1/s1. The molecule has 2 atom stereocenters. The van der Waals surface area contributed by atoms with Crippen LogP contribution in [0.25, 0.3) is 10.9 Å². The molecule has 0 aliphatic carbocycles. The van der Waals surface area contributed by atoms with Crippen molar-refractivity contribution < 1.29 is 14.3 Å². The first kappa shape index (κ1) is 23.9. The van der Waals surface area contributed by atoms with E-state index in [2.05, 4.69) is 20.2 Å². The molecule has 0 radical (unpaired) electrons. The fourth-order valence-corrected chi connectivity index (χ4v) is 3.89. The molecular formula is C23H33N5O4. The summed E-state index contributed by atoms with van der Waals surface area (Å²) in [6.45, 7) is 6.09. The first-order valence-corrected chi connectivity index (χ1v) is 11.1. The molecule has 9 heteroatoms. The second-order valence-electron chi connectivity index (χ2n) is 8.46. The number of carbonyl (C=O) groups excluding carboxylic acids is 2. The van der Waals surface area contributed by atoms with E-state index in [1.165, 1.54) is 4.90 Å². The topological polar surface area (TPSA) is 108 Å². The van der Waals surface area contributed by atoms with E-state index in [9.17, 15) is 14.4 Å². The molecule has 1 fully saturated rings. The highest BCUT2D eigenvalue weighted by molar-refractivity contribution is 5.81. The number of benzene rings is 1. The Labute approximate surface area is 188 Å². The summed E-state index contributed by atoms with van der Waals surface area (Å²) in [7, 11) is 3.43. The molecule has 0 unspecified atom stereocenters. The lowest BCUT2D eigenvalue weighted by Crippen LogP contribution is -2.37. The number of hydrogen-bond acceptors (Lipinski definition) is 6. The molecule has 2 aromatic rings. The molecule has 2 N–H and O–H groups in total. The molecule has 174 valence electrons. The molecule has 2 amide bonds. The van der Waals surface area contributed by atoms with Gasteiger partial charge in [0.2, 0.25) is 5.91 Å². The van der Waals surface area contributed by atoms with E-state index in [0.29, 0.717) is 49.2 Å². The minimum Gasteiger partial charge on any atom is -0.363 e. The third kappa shape index (κ3) is 5.92. The average molecular weight is 444 g/mol. The Kier molecular flexibility index (Phi) is 7.98. The van der Waals surface area contributed by atoms with Crippen LogP contribution in [0, 0.1) is 6.92 Å². The number of amides is 2. The predicted molar refractivity (Wildman–Crippen MR) is 122 cm³/mol. The van der Waals surface area contributed by atoms with Crippen molar-refractivity contribution in [2.75, 3.05) is 33.7 Å². The molecular weight excluding hydrogens is 410 g/mol. The van der Waals surface area contributed by atoms with Crippen molar-refractivity contribution >= 4 is 22.7 Å². The van der Waals surface area contributed by atoms with E-state index in [-0.39, 0.29) is 23.5 Å². The lowest BCUT2D eigenvalue weighted by Gasteiger charge is -2.20. The smallest absolute Gasteiger partial charge is 0.258 e. The summed E-state index contributed by atoms with van der Waals surface area (Å²) in [5.41, 5.74) is 1.52. The van der Waals surface area contributed by atoms with Gasteiger partial charge in [-0.3, -0.25) is 19.3 Å². The second kappa shape index (κ2) is 10.7. The van der Waals surface area contributed by atoms with Crippen LogP contribution >= 0.6 is 0 Å². The molecule has 0 bridgehead atoms. The normalized spacial score (nSPS) is 18.3. The summed E-state index contributed by atoms with van der Waals surface area (Å²) in [6.07, 6.45) is 1.22. The van der Waals surface area contributed by atoms with Crippen molar-refractivity contribution in [3.05, 3.63) is 39.9 Å². The van der Waals surface area contributed by atoms with Crippen LogP contribution in [0.2, 0.25) is 0 Å². The van der Waals surface area contributed by atoms with Gasteiger partial charge < -0.3 is 19.9 Å². The zero-order valence-electron chi connectivity index (χ0n) is 19.3. The number of para-hydroxylation sites is 1. The number of hydrogen-bond donors (Lipinski definition) is 2. The highest BCUT2D eigenvalue weighted by atomic mass is 16.5. The van der Waals surface area contributed by atoms with Gasteiger partial charge in [0.05, 0.1) is 23.6 Å². The van der Waals surface area contributed by atoms with Crippen molar-refractivity contribution in [1.29, 1.82) is 0 Å². The van der Waals surface area contributed by atoms with Gasteiger partial charge in [0.15, 0.2) is 0 Å². The van der Waals surface area contributed by atoms with E-state index < -0.39 is 6.10 Å². The number of carbonyl (C=O) groups is 2. The second-order valence-corrected chi connectivity index (χ2v) is 8.46. The molecule has 1 aliphatic heterocycles. The predicted octanol–water partition coefficient (Wildman–Crippen LogP) is 1.20. The summed E-state index contributed by atoms with van der Waals surface area (Å²) in [5, 5.41) is 3.49. The third-order valence-corrected chi connectivity index (χ3v) is 5.81. The number of H-pyrrole nitrogens is 1. The van der Waals surface area contributed by atoms with Crippen molar-refractivity contribution in [3.63, 3.8) is 0 Å². The van der Waals surface area contributed by atoms with Gasteiger partial charge in [-0.2, -0.15) is 0 Å². The quantitative estimate of drug-likeness (QED) is 0.603. The Morgan fingerprint density at radius 1 is 1.28 bits per heavy atom. The summed E-state index contributed by atoms with van der Waals surface area (Å²) < 4.78 is 5.76. The van der Waals surface area contributed by atoms with Gasteiger partial charge in [-0.05, 0) is 37.9 Å².